The van der Waals surface area contributed by atoms with Crippen LogP contribution in [0.4, 0.5) is 0 Å². The van der Waals surface area contributed by atoms with E-state index in [1.54, 1.807) is 18.2 Å². The molecule has 2 N–H and O–H groups in total. The number of hydrogen-bond donors (Lipinski definition) is 1. The van der Waals surface area contributed by atoms with Crippen molar-refractivity contribution in [1.29, 1.82) is 0 Å². The topological polar surface area (TPSA) is 86.9 Å². The maximum Gasteiger partial charge on any atom is 0.274 e. The smallest absolute Gasteiger partial charge is 0.274 e. The third-order valence-corrected chi connectivity index (χ3v) is 4.00. The molecule has 2 aromatic heterocycles. The molecule has 0 radical (unpaired) electrons. The van der Waals surface area contributed by atoms with E-state index in [9.17, 15) is 4.79 Å². The molecule has 0 fully saturated rings. The molecule has 1 amide bonds. The van der Waals surface area contributed by atoms with Gasteiger partial charge in [0.25, 0.3) is 5.89 Å². The highest BCUT2D eigenvalue weighted by Crippen LogP contribution is 2.27. The summed E-state index contributed by atoms with van der Waals surface area (Å²) in [6.07, 6.45) is 0. The van der Waals surface area contributed by atoms with Gasteiger partial charge in [-0.05, 0) is 24.3 Å². The van der Waals surface area contributed by atoms with Gasteiger partial charge in [-0.3, -0.25) is 4.79 Å². The van der Waals surface area contributed by atoms with E-state index in [1.807, 2.05) is 48.0 Å². The van der Waals surface area contributed by atoms with Crippen LogP contribution in [0.5, 0.6) is 0 Å². The Hall–Kier alpha value is -3.41. The van der Waals surface area contributed by atoms with Crippen LogP contribution in [0.25, 0.3) is 33.9 Å². The number of primary amides is 1. The largest absolute Gasteiger partial charge is 0.366 e. The van der Waals surface area contributed by atoms with Gasteiger partial charge in [-0.25, -0.2) is 0 Å². The second-order valence-electron chi connectivity index (χ2n) is 5.52. The Morgan fingerprint density at radius 3 is 2.75 bits per heavy atom. The van der Waals surface area contributed by atoms with Gasteiger partial charge in [0.05, 0.1) is 0 Å². The Balaban J connectivity index is 1.78. The Morgan fingerprint density at radius 2 is 1.96 bits per heavy atom. The zero-order valence-corrected chi connectivity index (χ0v) is 12.9. The molecule has 6 nitrogen and oxygen atoms in total. The van der Waals surface area contributed by atoms with Gasteiger partial charge >= 0.3 is 0 Å². The molecule has 0 spiro atoms. The molecule has 2 heterocycles. The van der Waals surface area contributed by atoms with Gasteiger partial charge in [0, 0.05) is 29.1 Å². The van der Waals surface area contributed by atoms with Crippen molar-refractivity contribution < 1.29 is 9.32 Å². The molecule has 4 rings (SSSR count). The molecule has 2 aromatic carbocycles. The van der Waals surface area contributed by atoms with Crippen molar-refractivity contribution in [2.45, 2.75) is 0 Å². The number of nitrogens with two attached hydrogens (primary N) is 1. The third-order valence-electron chi connectivity index (χ3n) is 4.00. The number of aromatic nitrogens is 3. The maximum atomic E-state index is 11.3. The van der Waals surface area contributed by atoms with E-state index < -0.39 is 5.91 Å². The van der Waals surface area contributed by atoms with E-state index in [1.165, 1.54) is 0 Å². The van der Waals surface area contributed by atoms with Crippen LogP contribution in [-0.4, -0.2) is 20.6 Å². The van der Waals surface area contributed by atoms with E-state index in [0.717, 1.165) is 16.6 Å². The summed E-state index contributed by atoms with van der Waals surface area (Å²) in [5.74, 6) is 0.348. The maximum absolute atomic E-state index is 11.3. The summed E-state index contributed by atoms with van der Waals surface area (Å²) in [6.45, 7) is 0. The molecule has 6 heteroatoms. The first-order valence-corrected chi connectivity index (χ1v) is 7.42. The van der Waals surface area contributed by atoms with Gasteiger partial charge in [-0.2, -0.15) is 4.98 Å². The molecule has 0 aliphatic heterocycles. The quantitative estimate of drug-likeness (QED) is 0.629. The van der Waals surface area contributed by atoms with Gasteiger partial charge in [0.1, 0.15) is 5.69 Å². The number of fused-ring (bicyclic) bond motifs is 1. The predicted molar refractivity (Wildman–Crippen MR) is 90.2 cm³/mol. The van der Waals surface area contributed by atoms with Crippen molar-refractivity contribution in [3.63, 3.8) is 0 Å². The molecule has 24 heavy (non-hydrogen) atoms. The molecule has 0 saturated heterocycles. The van der Waals surface area contributed by atoms with Crippen LogP contribution in [0.1, 0.15) is 10.4 Å². The summed E-state index contributed by atoms with van der Waals surface area (Å²) in [5.41, 5.74) is 8.32. The normalized spacial score (nSPS) is 11.0. The highest BCUT2D eigenvalue weighted by atomic mass is 16.5. The van der Waals surface area contributed by atoms with Crippen LogP contribution in [-0.2, 0) is 7.05 Å². The van der Waals surface area contributed by atoms with Gasteiger partial charge in [-0.1, -0.05) is 35.5 Å². The molecule has 0 aliphatic carbocycles. The fraction of sp³-hybridized carbons (Fsp3) is 0.0556. The summed E-state index contributed by atoms with van der Waals surface area (Å²) in [6, 6.07) is 16.9. The fourth-order valence-electron chi connectivity index (χ4n) is 2.75. The van der Waals surface area contributed by atoms with E-state index >= 15 is 0 Å². The lowest BCUT2D eigenvalue weighted by Gasteiger charge is -1.99. The van der Waals surface area contributed by atoms with Crippen LogP contribution in [0.15, 0.2) is 59.1 Å². The fourth-order valence-corrected chi connectivity index (χ4v) is 2.75. The molecule has 0 saturated carbocycles. The number of benzene rings is 2. The van der Waals surface area contributed by atoms with Crippen LogP contribution < -0.4 is 5.73 Å². The van der Waals surface area contributed by atoms with Crippen LogP contribution in [0.3, 0.4) is 0 Å². The van der Waals surface area contributed by atoms with Crippen molar-refractivity contribution in [3.8, 4) is 23.0 Å². The number of nitrogens with zero attached hydrogens (tertiary/aromatic N) is 3. The van der Waals surface area contributed by atoms with Crippen molar-refractivity contribution in [2.75, 3.05) is 0 Å². The zero-order valence-electron chi connectivity index (χ0n) is 12.9. The van der Waals surface area contributed by atoms with Gasteiger partial charge in [0.2, 0.25) is 11.7 Å². The summed E-state index contributed by atoms with van der Waals surface area (Å²) in [7, 11) is 1.95. The summed E-state index contributed by atoms with van der Waals surface area (Å²) < 4.78 is 7.42. The third kappa shape index (κ3) is 2.25. The Labute approximate surface area is 137 Å². The van der Waals surface area contributed by atoms with E-state index in [-0.39, 0.29) is 0 Å². The van der Waals surface area contributed by atoms with Gasteiger partial charge < -0.3 is 14.8 Å². The Morgan fingerprint density at radius 1 is 1.12 bits per heavy atom. The van der Waals surface area contributed by atoms with E-state index in [2.05, 4.69) is 10.1 Å². The van der Waals surface area contributed by atoms with Gasteiger partial charge in [0.15, 0.2) is 0 Å². The molecule has 0 bridgehead atoms. The van der Waals surface area contributed by atoms with E-state index in [0.29, 0.717) is 22.8 Å². The van der Waals surface area contributed by atoms with Crippen LogP contribution >= 0.6 is 0 Å². The van der Waals surface area contributed by atoms with Gasteiger partial charge in [-0.15, -0.1) is 0 Å². The number of aryl methyl sites for hydroxylation is 1. The second kappa shape index (κ2) is 5.34. The minimum absolute atomic E-state index is 0.406. The van der Waals surface area contributed by atoms with E-state index in [4.69, 9.17) is 10.3 Å². The Bertz CT molecular complexity index is 1060. The lowest BCUT2D eigenvalue weighted by Crippen LogP contribution is -2.10. The first kappa shape index (κ1) is 14.2. The lowest BCUT2D eigenvalue weighted by atomic mass is 10.1. The van der Waals surface area contributed by atoms with Crippen molar-refractivity contribution in [2.24, 2.45) is 12.8 Å². The molecular formula is C18H14N4O2. The average Bonchev–Trinajstić information content (AvgIpc) is 3.20. The number of carbonyl (C=O) groups excluding carboxylic acids is 1. The zero-order chi connectivity index (χ0) is 16.7. The number of amides is 1. The molecular weight excluding hydrogens is 304 g/mol. The average molecular weight is 318 g/mol. The minimum atomic E-state index is -0.491. The number of hydrogen-bond acceptors (Lipinski definition) is 4. The monoisotopic (exact) mass is 318 g/mol. The van der Waals surface area contributed by atoms with Crippen LogP contribution in [0, 0.1) is 0 Å². The summed E-state index contributed by atoms with van der Waals surface area (Å²) >= 11 is 0. The summed E-state index contributed by atoms with van der Waals surface area (Å²) in [4.78, 5) is 15.8. The number of carbonyl (C=O) groups is 1. The van der Waals surface area contributed by atoms with Crippen molar-refractivity contribution in [1.82, 2.24) is 14.7 Å². The standard InChI is InChI=1S/C18H14N4O2/c1-22-14-8-3-2-5-11(14)10-15(22)18-20-17(21-24-18)13-7-4-6-12(9-13)16(19)23/h2-10H,1H3,(H2,19,23). The summed E-state index contributed by atoms with van der Waals surface area (Å²) in [5, 5.41) is 5.13. The first-order valence-electron chi connectivity index (χ1n) is 7.42. The SMILES string of the molecule is Cn1c(-c2nc(-c3cccc(C(N)=O)c3)no2)cc2ccccc21. The highest BCUT2D eigenvalue weighted by Gasteiger charge is 2.16. The van der Waals surface area contributed by atoms with Crippen LogP contribution in [0.2, 0.25) is 0 Å². The Kier molecular flexibility index (Phi) is 3.16. The molecule has 0 aliphatic rings. The number of para-hydroxylation sites is 1. The first-order chi connectivity index (χ1) is 11.6. The van der Waals surface area contributed by atoms with Crippen molar-refractivity contribution in [3.05, 3.63) is 60.2 Å². The molecule has 0 unspecified atom stereocenters. The molecule has 0 atom stereocenters. The highest BCUT2D eigenvalue weighted by molar-refractivity contribution is 5.93. The van der Waals surface area contributed by atoms with Crippen molar-refractivity contribution >= 4 is 16.8 Å². The molecule has 118 valence electrons. The number of rotatable bonds is 3. The second-order valence-corrected chi connectivity index (χ2v) is 5.52. The predicted octanol–water partition coefficient (Wildman–Crippen LogP) is 2.99. The molecule has 4 aromatic rings. The minimum Gasteiger partial charge on any atom is -0.366 e. The lowest BCUT2D eigenvalue weighted by molar-refractivity contribution is 0.100.